The minimum atomic E-state index is -3.39. The fourth-order valence-electron chi connectivity index (χ4n) is 2.31. The van der Waals surface area contributed by atoms with Crippen LogP contribution in [-0.4, -0.2) is 37.5 Å². The van der Waals surface area contributed by atoms with Crippen LogP contribution in [0, 0.1) is 0 Å². The molecule has 1 aromatic rings. The van der Waals surface area contributed by atoms with E-state index in [1.165, 1.54) is 12.1 Å². The number of carboxylic acid groups (broad SMARTS) is 1. The highest BCUT2D eigenvalue weighted by atomic mass is 32.2. The first-order chi connectivity index (χ1) is 9.88. The van der Waals surface area contributed by atoms with Gasteiger partial charge in [0.05, 0.1) is 16.9 Å². The van der Waals surface area contributed by atoms with Crippen LogP contribution in [0.4, 0.5) is 0 Å². The molecule has 116 valence electrons. The Morgan fingerprint density at radius 1 is 1.38 bits per heavy atom. The van der Waals surface area contributed by atoms with Gasteiger partial charge < -0.3 is 9.84 Å². The third-order valence-electron chi connectivity index (χ3n) is 3.55. The molecule has 0 bridgehead atoms. The van der Waals surface area contributed by atoms with E-state index in [1.807, 2.05) is 6.92 Å². The number of carbonyl (C=O) groups is 1. The minimum absolute atomic E-state index is 0.0461. The van der Waals surface area contributed by atoms with E-state index in [-0.39, 0.29) is 18.2 Å². The highest BCUT2D eigenvalue weighted by Crippen LogP contribution is 2.19. The zero-order valence-corrected chi connectivity index (χ0v) is 12.6. The average molecular weight is 313 g/mol. The molecule has 21 heavy (non-hydrogen) atoms. The molecule has 2 N–H and O–H groups in total. The predicted octanol–water partition coefficient (Wildman–Crippen LogP) is 1.37. The van der Waals surface area contributed by atoms with E-state index in [0.717, 1.165) is 5.56 Å². The Hall–Kier alpha value is -1.44. The van der Waals surface area contributed by atoms with Gasteiger partial charge in [-0.05, 0) is 37.5 Å². The zero-order chi connectivity index (χ0) is 15.5. The lowest BCUT2D eigenvalue weighted by atomic mass is 10.1. The lowest BCUT2D eigenvalue weighted by molar-refractivity contribution is 0.0299. The van der Waals surface area contributed by atoms with E-state index in [1.54, 1.807) is 12.1 Å². The van der Waals surface area contributed by atoms with Crippen molar-refractivity contribution in [3.05, 3.63) is 35.4 Å². The Kier molecular flexibility index (Phi) is 4.97. The first-order valence-corrected chi connectivity index (χ1v) is 8.35. The molecule has 6 nitrogen and oxygen atoms in total. The van der Waals surface area contributed by atoms with Gasteiger partial charge in [0.15, 0.2) is 0 Å². The lowest BCUT2D eigenvalue weighted by Gasteiger charge is -2.27. The van der Waals surface area contributed by atoms with Crippen molar-refractivity contribution in [2.75, 3.05) is 6.61 Å². The second-order valence-corrected chi connectivity index (χ2v) is 7.24. The van der Waals surface area contributed by atoms with Crippen LogP contribution in [-0.2, 0) is 21.3 Å². The van der Waals surface area contributed by atoms with E-state index < -0.39 is 21.2 Å². The van der Waals surface area contributed by atoms with Gasteiger partial charge in [-0.25, -0.2) is 17.9 Å². The molecule has 1 fully saturated rings. The van der Waals surface area contributed by atoms with Crippen molar-refractivity contribution >= 4 is 16.0 Å². The maximum absolute atomic E-state index is 12.2. The highest BCUT2D eigenvalue weighted by Gasteiger charge is 2.30. The van der Waals surface area contributed by atoms with E-state index in [0.29, 0.717) is 19.4 Å². The van der Waals surface area contributed by atoms with Crippen molar-refractivity contribution in [2.45, 2.75) is 37.7 Å². The van der Waals surface area contributed by atoms with Crippen LogP contribution < -0.4 is 4.72 Å². The fraction of sp³-hybridized carbons (Fsp3) is 0.500. The van der Waals surface area contributed by atoms with Crippen molar-refractivity contribution < 1.29 is 23.1 Å². The van der Waals surface area contributed by atoms with Crippen LogP contribution in [0.3, 0.4) is 0 Å². The zero-order valence-electron chi connectivity index (χ0n) is 11.8. The van der Waals surface area contributed by atoms with Crippen LogP contribution in [0.2, 0.25) is 0 Å². The van der Waals surface area contributed by atoms with Crippen LogP contribution in [0.5, 0.6) is 0 Å². The first-order valence-electron chi connectivity index (χ1n) is 6.81. The van der Waals surface area contributed by atoms with Crippen LogP contribution in [0.1, 0.15) is 35.7 Å². The molecule has 2 atom stereocenters. The third-order valence-corrected chi connectivity index (χ3v) is 5.41. The summed E-state index contributed by atoms with van der Waals surface area (Å²) in [6.07, 6.45) is 0.945. The summed E-state index contributed by atoms with van der Waals surface area (Å²) < 4.78 is 32.4. The van der Waals surface area contributed by atoms with Gasteiger partial charge in [0.2, 0.25) is 10.0 Å². The summed E-state index contributed by atoms with van der Waals surface area (Å²) in [4.78, 5) is 10.7. The lowest BCUT2D eigenvalue weighted by Crippen LogP contribution is -2.39. The second kappa shape index (κ2) is 6.55. The first kappa shape index (κ1) is 15.9. The molecule has 1 aromatic carbocycles. The number of sulfonamides is 1. The summed E-state index contributed by atoms with van der Waals surface area (Å²) in [7, 11) is -3.39. The molecular formula is C14H19NO5S. The summed E-state index contributed by atoms with van der Waals surface area (Å²) >= 11 is 0. The summed E-state index contributed by atoms with van der Waals surface area (Å²) in [5, 5.41) is 8.38. The van der Waals surface area contributed by atoms with E-state index >= 15 is 0 Å². The number of rotatable bonds is 5. The Morgan fingerprint density at radius 2 is 2.05 bits per heavy atom. The van der Waals surface area contributed by atoms with Crippen molar-refractivity contribution in [3.63, 3.8) is 0 Å². The SMILES string of the molecule is CC1CC(S(=O)(=O)NCc2ccc(C(=O)O)cc2)CCO1. The molecule has 0 spiro atoms. The van der Waals surface area contributed by atoms with Gasteiger partial charge in [0.25, 0.3) is 0 Å². The molecule has 0 aliphatic carbocycles. The summed E-state index contributed by atoms with van der Waals surface area (Å²) in [5.41, 5.74) is 0.906. The number of aromatic carboxylic acids is 1. The maximum atomic E-state index is 12.2. The van der Waals surface area contributed by atoms with E-state index in [9.17, 15) is 13.2 Å². The van der Waals surface area contributed by atoms with Crippen molar-refractivity contribution in [3.8, 4) is 0 Å². The largest absolute Gasteiger partial charge is 0.478 e. The Morgan fingerprint density at radius 3 is 2.62 bits per heavy atom. The van der Waals surface area contributed by atoms with Gasteiger partial charge in [0, 0.05) is 13.2 Å². The Bertz CT molecular complexity index is 596. The molecule has 1 aliphatic rings. The molecular weight excluding hydrogens is 294 g/mol. The maximum Gasteiger partial charge on any atom is 0.335 e. The molecule has 1 aliphatic heterocycles. The molecule has 0 amide bonds. The topological polar surface area (TPSA) is 92.7 Å². The molecule has 7 heteroatoms. The van der Waals surface area contributed by atoms with Gasteiger partial charge in [-0.2, -0.15) is 0 Å². The number of hydrogen-bond acceptors (Lipinski definition) is 4. The summed E-state index contributed by atoms with van der Waals surface area (Å²) in [6.45, 7) is 2.49. The number of nitrogens with one attached hydrogen (secondary N) is 1. The van der Waals surface area contributed by atoms with Crippen molar-refractivity contribution in [1.82, 2.24) is 4.72 Å². The number of ether oxygens (including phenoxy) is 1. The quantitative estimate of drug-likeness (QED) is 0.856. The van der Waals surface area contributed by atoms with Crippen molar-refractivity contribution in [2.24, 2.45) is 0 Å². The molecule has 0 radical (unpaired) electrons. The standard InChI is InChI=1S/C14H19NO5S/c1-10-8-13(6-7-20-10)21(18,19)15-9-11-2-4-12(5-3-11)14(16)17/h2-5,10,13,15H,6-9H2,1H3,(H,16,17). The predicted molar refractivity (Wildman–Crippen MR) is 77.6 cm³/mol. The Balaban J connectivity index is 1.96. The van der Waals surface area contributed by atoms with Crippen LogP contribution in [0.25, 0.3) is 0 Å². The van der Waals surface area contributed by atoms with Gasteiger partial charge >= 0.3 is 5.97 Å². The third kappa shape index (κ3) is 4.26. The van der Waals surface area contributed by atoms with Crippen molar-refractivity contribution in [1.29, 1.82) is 0 Å². The van der Waals surface area contributed by atoms with Gasteiger partial charge in [0.1, 0.15) is 0 Å². The summed E-state index contributed by atoms with van der Waals surface area (Å²) in [6, 6.07) is 6.14. The minimum Gasteiger partial charge on any atom is -0.478 e. The highest BCUT2D eigenvalue weighted by molar-refractivity contribution is 7.90. The average Bonchev–Trinajstić information content (AvgIpc) is 2.45. The fourth-order valence-corrected chi connectivity index (χ4v) is 3.84. The van der Waals surface area contributed by atoms with E-state index in [4.69, 9.17) is 9.84 Å². The Labute approximate surface area is 124 Å². The van der Waals surface area contributed by atoms with Gasteiger partial charge in [-0.15, -0.1) is 0 Å². The molecule has 2 unspecified atom stereocenters. The number of hydrogen-bond donors (Lipinski definition) is 2. The van der Waals surface area contributed by atoms with E-state index in [2.05, 4.69) is 4.72 Å². The molecule has 1 saturated heterocycles. The molecule has 0 aromatic heterocycles. The second-order valence-electron chi connectivity index (χ2n) is 5.20. The van der Waals surface area contributed by atoms with Gasteiger partial charge in [-0.3, -0.25) is 0 Å². The summed E-state index contributed by atoms with van der Waals surface area (Å²) in [5.74, 6) is -1.00. The van der Waals surface area contributed by atoms with Crippen LogP contribution >= 0.6 is 0 Å². The molecule has 2 rings (SSSR count). The number of carboxylic acids is 1. The number of benzene rings is 1. The monoisotopic (exact) mass is 313 g/mol. The molecule has 1 heterocycles. The normalized spacial score (nSPS) is 22.9. The molecule has 0 saturated carbocycles. The van der Waals surface area contributed by atoms with Crippen LogP contribution in [0.15, 0.2) is 24.3 Å². The smallest absolute Gasteiger partial charge is 0.335 e. The van der Waals surface area contributed by atoms with Gasteiger partial charge in [-0.1, -0.05) is 12.1 Å².